The van der Waals surface area contributed by atoms with Gasteiger partial charge in [0.15, 0.2) is 0 Å². The van der Waals surface area contributed by atoms with Crippen LogP contribution in [0, 0.1) is 0 Å². The first kappa shape index (κ1) is 35.0. The first-order valence-electron chi connectivity index (χ1n) is 15.4. The molecular weight excluding hydrogens is 660 g/mol. The molecule has 11 nitrogen and oxygen atoms in total. The second-order valence-corrected chi connectivity index (χ2v) is 11.8. The van der Waals surface area contributed by atoms with Gasteiger partial charge in [-0.05, 0) is 43.7 Å². The Morgan fingerprint density at radius 2 is 1.85 bits per heavy atom. The number of amides is 2. The number of hydrogen-bond donors (Lipinski definition) is 4. The highest BCUT2D eigenvalue weighted by molar-refractivity contribution is 6.39. The summed E-state index contributed by atoms with van der Waals surface area (Å²) < 4.78 is 23.4. The van der Waals surface area contributed by atoms with Crippen molar-refractivity contribution in [2.75, 3.05) is 39.3 Å². The number of halogens is 3. The van der Waals surface area contributed by atoms with Crippen LogP contribution < -0.4 is 30.7 Å². The molecule has 4 N–H and O–H groups in total. The zero-order valence-electron chi connectivity index (χ0n) is 26.5. The van der Waals surface area contributed by atoms with Crippen molar-refractivity contribution in [2.45, 2.75) is 38.4 Å². The first-order chi connectivity index (χ1) is 23.3. The number of carbonyl (C=O) groups excluding carboxylic acids is 2. The highest BCUT2D eigenvalue weighted by atomic mass is 35.5. The van der Waals surface area contributed by atoms with Gasteiger partial charge in [0.25, 0.3) is 5.91 Å². The minimum atomic E-state index is -0.478. The monoisotopic (exact) mass is 695 g/mol. The van der Waals surface area contributed by atoms with Crippen molar-refractivity contribution in [3.05, 3.63) is 81.7 Å². The van der Waals surface area contributed by atoms with Crippen molar-refractivity contribution in [3.63, 3.8) is 0 Å². The second kappa shape index (κ2) is 16.6. The van der Waals surface area contributed by atoms with Crippen molar-refractivity contribution in [1.82, 2.24) is 30.9 Å². The van der Waals surface area contributed by atoms with Crippen molar-refractivity contribution in [3.8, 4) is 34.1 Å². The van der Waals surface area contributed by atoms with E-state index in [9.17, 15) is 14.0 Å². The van der Waals surface area contributed by atoms with Gasteiger partial charge < -0.3 is 30.7 Å². The Balaban J connectivity index is 1.33. The van der Waals surface area contributed by atoms with Crippen molar-refractivity contribution in [1.29, 1.82) is 0 Å². The van der Waals surface area contributed by atoms with E-state index in [-0.39, 0.29) is 22.7 Å². The average molecular weight is 697 g/mol. The third kappa shape index (κ3) is 8.37. The molecule has 14 heteroatoms. The molecule has 1 aromatic carbocycles. The summed E-state index contributed by atoms with van der Waals surface area (Å²) in [5.74, 6) is 0.550. The van der Waals surface area contributed by atoms with Gasteiger partial charge >= 0.3 is 0 Å². The van der Waals surface area contributed by atoms with E-state index in [0.29, 0.717) is 89.4 Å². The number of alkyl halides is 1. The Morgan fingerprint density at radius 3 is 2.60 bits per heavy atom. The SMILES string of the molecule is COc1cnc(C(=O)Nc2cccc(-c3nccc(-c4ccc(CNC[C@@H]5CCC(=O)N5)c(OC)n4)c3Cl)c2Cl)cc1CNCCCF. The fourth-order valence-electron chi connectivity index (χ4n) is 5.31. The van der Waals surface area contributed by atoms with Gasteiger partial charge in [-0.1, -0.05) is 41.4 Å². The number of nitrogens with one attached hydrogen (secondary N) is 4. The van der Waals surface area contributed by atoms with Crippen LogP contribution in [-0.4, -0.2) is 66.8 Å². The molecule has 1 aliphatic heterocycles. The van der Waals surface area contributed by atoms with Crippen LogP contribution in [0.15, 0.2) is 54.9 Å². The molecule has 3 aromatic heterocycles. The molecule has 1 atom stereocenters. The summed E-state index contributed by atoms with van der Waals surface area (Å²) in [6.07, 6.45) is 4.83. The van der Waals surface area contributed by atoms with Gasteiger partial charge in [-0.15, -0.1) is 0 Å². The van der Waals surface area contributed by atoms with Gasteiger partial charge in [0, 0.05) is 60.5 Å². The lowest BCUT2D eigenvalue weighted by Crippen LogP contribution is -2.35. The Hall–Kier alpha value is -4.36. The molecule has 4 heterocycles. The summed E-state index contributed by atoms with van der Waals surface area (Å²) in [5, 5.41) is 12.8. The lowest BCUT2D eigenvalue weighted by atomic mass is 10.1. The number of rotatable bonds is 15. The lowest BCUT2D eigenvalue weighted by Gasteiger charge is -2.15. The standard InChI is InChI=1S/C34H36Cl2FN7O4/c1-47-28-19-41-27(15-21(28)17-38-13-4-12-37)33(46)43-26-6-3-5-24(30(26)35)32-31(36)23(11-14-40-32)25-9-7-20(34(44-25)48-2)16-39-18-22-8-10-29(45)42-22/h3,5-7,9,11,14-15,19,22,38-39H,4,8,10,12-13,16-18H2,1-2H3,(H,42,45)(H,43,46)/t22-/m0/s1. The number of nitrogens with zero attached hydrogens (tertiary/aromatic N) is 3. The van der Waals surface area contributed by atoms with E-state index in [0.717, 1.165) is 12.0 Å². The number of methoxy groups -OCH3 is 2. The van der Waals surface area contributed by atoms with Crippen LogP contribution in [0.2, 0.25) is 10.0 Å². The minimum Gasteiger partial charge on any atom is -0.495 e. The molecule has 0 radical (unpaired) electrons. The van der Waals surface area contributed by atoms with E-state index in [2.05, 4.69) is 31.2 Å². The van der Waals surface area contributed by atoms with E-state index < -0.39 is 12.6 Å². The van der Waals surface area contributed by atoms with Crippen molar-refractivity contribution >= 4 is 40.7 Å². The Bertz CT molecular complexity index is 1780. The quantitative estimate of drug-likeness (QED) is 0.117. The molecule has 5 rings (SSSR count). The second-order valence-electron chi connectivity index (χ2n) is 11.0. The molecule has 1 fully saturated rings. The topological polar surface area (TPSA) is 139 Å². The third-order valence-electron chi connectivity index (χ3n) is 7.79. The van der Waals surface area contributed by atoms with Crippen LogP contribution >= 0.6 is 23.2 Å². The largest absolute Gasteiger partial charge is 0.495 e. The Kier molecular flexibility index (Phi) is 12.1. The van der Waals surface area contributed by atoms with Gasteiger partial charge in [0.1, 0.15) is 11.4 Å². The fraction of sp³-hybridized carbons (Fsp3) is 0.324. The predicted octanol–water partition coefficient (Wildman–Crippen LogP) is 5.60. The van der Waals surface area contributed by atoms with Gasteiger partial charge in [0.2, 0.25) is 11.8 Å². The van der Waals surface area contributed by atoms with Gasteiger partial charge in [-0.25, -0.2) is 9.97 Å². The highest BCUT2D eigenvalue weighted by Crippen LogP contribution is 2.40. The smallest absolute Gasteiger partial charge is 0.274 e. The number of aromatic nitrogens is 3. The molecule has 48 heavy (non-hydrogen) atoms. The van der Waals surface area contributed by atoms with Crippen LogP contribution in [0.25, 0.3) is 22.5 Å². The number of pyridine rings is 3. The zero-order valence-corrected chi connectivity index (χ0v) is 28.1. The summed E-state index contributed by atoms with van der Waals surface area (Å²) in [5.41, 5.74) is 4.17. The molecule has 0 unspecified atom stereocenters. The number of carbonyl (C=O) groups is 2. The van der Waals surface area contributed by atoms with Crippen LogP contribution in [0.5, 0.6) is 11.6 Å². The minimum absolute atomic E-state index is 0.0774. The Labute approximate surface area is 288 Å². The summed E-state index contributed by atoms with van der Waals surface area (Å²) in [6.45, 7) is 1.61. The highest BCUT2D eigenvalue weighted by Gasteiger charge is 2.22. The molecule has 0 spiro atoms. The maximum absolute atomic E-state index is 13.3. The van der Waals surface area contributed by atoms with Crippen LogP contribution in [-0.2, 0) is 17.9 Å². The maximum Gasteiger partial charge on any atom is 0.274 e. The van der Waals surface area contributed by atoms with Crippen molar-refractivity contribution in [2.24, 2.45) is 0 Å². The molecule has 0 saturated carbocycles. The maximum atomic E-state index is 13.3. The number of hydrogen-bond acceptors (Lipinski definition) is 9. The third-order valence-corrected chi connectivity index (χ3v) is 8.58. The van der Waals surface area contributed by atoms with Crippen LogP contribution in [0.4, 0.5) is 10.1 Å². The first-order valence-corrected chi connectivity index (χ1v) is 16.2. The van der Waals surface area contributed by atoms with E-state index in [1.54, 1.807) is 43.6 Å². The fourth-order valence-corrected chi connectivity index (χ4v) is 5.89. The molecule has 252 valence electrons. The number of ether oxygens (including phenoxy) is 2. The normalized spacial score (nSPS) is 14.1. The van der Waals surface area contributed by atoms with E-state index in [1.807, 2.05) is 12.1 Å². The van der Waals surface area contributed by atoms with E-state index in [1.165, 1.54) is 13.3 Å². The van der Waals surface area contributed by atoms with Gasteiger partial charge in [-0.3, -0.25) is 19.0 Å². The predicted molar refractivity (Wildman–Crippen MR) is 183 cm³/mol. The molecule has 0 aliphatic carbocycles. The molecule has 4 aromatic rings. The summed E-state index contributed by atoms with van der Waals surface area (Å²) >= 11 is 13.8. The zero-order chi connectivity index (χ0) is 34.0. The number of anilines is 1. The molecular formula is C34H36Cl2FN7O4. The lowest BCUT2D eigenvalue weighted by molar-refractivity contribution is -0.119. The molecule has 2 amide bonds. The molecule has 1 aliphatic rings. The van der Waals surface area contributed by atoms with E-state index in [4.69, 9.17) is 37.7 Å². The van der Waals surface area contributed by atoms with Crippen LogP contribution in [0.1, 0.15) is 40.9 Å². The van der Waals surface area contributed by atoms with Crippen LogP contribution in [0.3, 0.4) is 0 Å². The average Bonchev–Trinajstić information content (AvgIpc) is 3.52. The molecule has 1 saturated heterocycles. The van der Waals surface area contributed by atoms with Gasteiger partial charge in [-0.2, -0.15) is 0 Å². The Morgan fingerprint density at radius 1 is 1.02 bits per heavy atom. The number of benzene rings is 1. The summed E-state index contributed by atoms with van der Waals surface area (Å²) in [4.78, 5) is 38.2. The van der Waals surface area contributed by atoms with Crippen molar-refractivity contribution < 1.29 is 23.5 Å². The van der Waals surface area contributed by atoms with E-state index >= 15 is 0 Å². The van der Waals surface area contributed by atoms with Gasteiger partial charge in [0.05, 0.1) is 54.2 Å². The molecule has 0 bridgehead atoms. The summed E-state index contributed by atoms with van der Waals surface area (Å²) in [6, 6.07) is 12.4. The summed E-state index contributed by atoms with van der Waals surface area (Å²) in [7, 11) is 3.07.